The normalized spacial score (nSPS) is 20.9. The van der Waals surface area contributed by atoms with Crippen molar-refractivity contribution in [3.63, 3.8) is 0 Å². The fourth-order valence-electron chi connectivity index (χ4n) is 4.56. The molecule has 1 saturated heterocycles. The largest absolute Gasteiger partial charge is 0.292 e. The van der Waals surface area contributed by atoms with E-state index >= 15 is 8.78 Å². The topological polar surface area (TPSA) is 80.2 Å². The van der Waals surface area contributed by atoms with Gasteiger partial charge in [0.1, 0.15) is 22.6 Å². The molecule has 4 rings (SSSR count). The maximum absolute atomic E-state index is 15.1. The molecule has 0 amide bonds. The van der Waals surface area contributed by atoms with Crippen LogP contribution in [-0.4, -0.2) is 34.5 Å². The zero-order valence-corrected chi connectivity index (χ0v) is 20.4. The molecule has 184 valence electrons. The number of sulfonamides is 1. The standard InChI is InChI=1S/C26H27F2N3O3S/c1-17(12-25(32)24-15-29-10-11-30-24)21-14-22(27)20(13-23(21)28)16-31-18(2)8-9-26(35(31,33)34)19-6-4-3-5-7-19/h3-7,10-11,13-15,17-18,26H,8-9,12,16H2,1-2H3/t17?,18-,26+/m1/s1. The molecule has 1 unspecified atom stereocenters. The third kappa shape index (κ3) is 5.31. The maximum atomic E-state index is 15.1. The molecule has 6 nitrogen and oxygen atoms in total. The summed E-state index contributed by atoms with van der Waals surface area (Å²) in [6.07, 6.45) is 5.19. The SMILES string of the molecule is CC(CC(=O)c1cnccn1)c1cc(F)c(CN2[C@H](C)CC[C@@H](c3ccccc3)S2(=O)=O)cc1F. The lowest BCUT2D eigenvalue weighted by Gasteiger charge is -2.37. The Bertz CT molecular complexity index is 1300. The van der Waals surface area contributed by atoms with Gasteiger partial charge in [-0.1, -0.05) is 37.3 Å². The van der Waals surface area contributed by atoms with Crippen molar-refractivity contribution in [2.24, 2.45) is 0 Å². The van der Waals surface area contributed by atoms with E-state index in [0.717, 1.165) is 12.1 Å². The van der Waals surface area contributed by atoms with Gasteiger partial charge in [-0.05, 0) is 48.9 Å². The highest BCUT2D eigenvalue weighted by Crippen LogP contribution is 2.38. The van der Waals surface area contributed by atoms with Crippen molar-refractivity contribution in [2.45, 2.75) is 56.9 Å². The first-order valence-corrected chi connectivity index (χ1v) is 13.0. The number of carbonyl (C=O) groups excluding carboxylic acids is 1. The van der Waals surface area contributed by atoms with E-state index < -0.39 is 32.8 Å². The minimum absolute atomic E-state index is 0.0390. The number of nitrogens with zero attached hydrogens (tertiary/aromatic N) is 3. The first-order valence-electron chi connectivity index (χ1n) is 11.5. The van der Waals surface area contributed by atoms with Crippen LogP contribution in [0, 0.1) is 11.6 Å². The lowest BCUT2D eigenvalue weighted by molar-refractivity contribution is 0.0970. The Morgan fingerprint density at radius 1 is 1.11 bits per heavy atom. The summed E-state index contributed by atoms with van der Waals surface area (Å²) in [4.78, 5) is 20.2. The molecule has 3 atom stereocenters. The maximum Gasteiger partial charge on any atom is 0.221 e. The van der Waals surface area contributed by atoms with Gasteiger partial charge < -0.3 is 0 Å². The Morgan fingerprint density at radius 2 is 1.86 bits per heavy atom. The van der Waals surface area contributed by atoms with Crippen LogP contribution in [0.2, 0.25) is 0 Å². The van der Waals surface area contributed by atoms with Crippen LogP contribution in [0.3, 0.4) is 0 Å². The van der Waals surface area contributed by atoms with E-state index in [1.54, 1.807) is 38.1 Å². The molecule has 0 aliphatic carbocycles. The average molecular weight is 500 g/mol. The molecular weight excluding hydrogens is 472 g/mol. The summed E-state index contributed by atoms with van der Waals surface area (Å²) in [7, 11) is -3.78. The van der Waals surface area contributed by atoms with Crippen LogP contribution in [-0.2, 0) is 16.6 Å². The number of aromatic nitrogens is 2. The van der Waals surface area contributed by atoms with Crippen molar-refractivity contribution < 1.29 is 22.0 Å². The van der Waals surface area contributed by atoms with E-state index in [1.165, 1.54) is 22.9 Å². The molecule has 0 radical (unpaired) electrons. The van der Waals surface area contributed by atoms with Crippen LogP contribution >= 0.6 is 0 Å². The van der Waals surface area contributed by atoms with E-state index in [4.69, 9.17) is 0 Å². The summed E-state index contributed by atoms with van der Waals surface area (Å²) in [5.74, 6) is -2.31. The monoisotopic (exact) mass is 499 g/mol. The van der Waals surface area contributed by atoms with E-state index in [2.05, 4.69) is 9.97 Å². The fourth-order valence-corrected chi connectivity index (χ4v) is 6.75. The lowest BCUT2D eigenvalue weighted by Crippen LogP contribution is -2.44. The van der Waals surface area contributed by atoms with Gasteiger partial charge in [0.2, 0.25) is 10.0 Å². The Labute approximate surface area is 204 Å². The Balaban J connectivity index is 1.55. The minimum Gasteiger partial charge on any atom is -0.292 e. The van der Waals surface area contributed by atoms with Crippen molar-refractivity contribution in [1.29, 1.82) is 0 Å². The van der Waals surface area contributed by atoms with Crippen LogP contribution in [0.25, 0.3) is 0 Å². The molecule has 1 aliphatic rings. The molecule has 0 bridgehead atoms. The number of halogens is 2. The van der Waals surface area contributed by atoms with Crippen molar-refractivity contribution in [1.82, 2.24) is 14.3 Å². The minimum atomic E-state index is -3.78. The average Bonchev–Trinajstić information content (AvgIpc) is 2.84. The second-order valence-electron chi connectivity index (χ2n) is 9.00. The van der Waals surface area contributed by atoms with E-state index in [0.29, 0.717) is 18.4 Å². The number of ketones is 1. The fraction of sp³-hybridized carbons (Fsp3) is 0.346. The van der Waals surface area contributed by atoms with Gasteiger partial charge in [-0.3, -0.25) is 9.78 Å². The summed E-state index contributed by atoms with van der Waals surface area (Å²) in [5.41, 5.74) is 0.866. The molecule has 1 aromatic heterocycles. The molecule has 0 N–H and O–H groups in total. The Hall–Kier alpha value is -3.04. The van der Waals surface area contributed by atoms with Gasteiger partial charge in [0.15, 0.2) is 5.78 Å². The molecule has 2 aromatic carbocycles. The highest BCUT2D eigenvalue weighted by atomic mass is 32.2. The number of hydrogen-bond donors (Lipinski definition) is 0. The van der Waals surface area contributed by atoms with Gasteiger partial charge in [0.05, 0.1) is 6.20 Å². The molecule has 35 heavy (non-hydrogen) atoms. The quantitative estimate of drug-likeness (QED) is 0.418. The van der Waals surface area contributed by atoms with Crippen molar-refractivity contribution >= 4 is 15.8 Å². The highest BCUT2D eigenvalue weighted by molar-refractivity contribution is 7.89. The third-order valence-corrected chi connectivity index (χ3v) is 8.93. The molecule has 0 saturated carbocycles. The van der Waals surface area contributed by atoms with Gasteiger partial charge in [0, 0.05) is 37.0 Å². The van der Waals surface area contributed by atoms with Crippen LogP contribution in [0.15, 0.2) is 61.1 Å². The summed E-state index contributed by atoms with van der Waals surface area (Å²) in [6.45, 7) is 3.15. The molecule has 9 heteroatoms. The molecule has 1 aliphatic heterocycles. The zero-order valence-electron chi connectivity index (χ0n) is 19.6. The first-order chi connectivity index (χ1) is 16.7. The number of hydrogen-bond acceptors (Lipinski definition) is 5. The van der Waals surface area contributed by atoms with Crippen molar-refractivity contribution in [3.8, 4) is 0 Å². The first kappa shape index (κ1) is 25.1. The summed E-state index contributed by atoms with van der Waals surface area (Å²) in [5, 5.41) is -0.723. The number of benzene rings is 2. The van der Waals surface area contributed by atoms with Gasteiger partial charge in [-0.2, -0.15) is 4.31 Å². The molecule has 3 aromatic rings. The Morgan fingerprint density at radius 3 is 2.54 bits per heavy atom. The van der Waals surface area contributed by atoms with Gasteiger partial charge in [-0.25, -0.2) is 22.2 Å². The number of Topliss-reactive ketones (excluding diaryl/α,β-unsaturated/α-hetero) is 1. The third-order valence-electron chi connectivity index (χ3n) is 6.56. The van der Waals surface area contributed by atoms with Gasteiger partial charge in [0.25, 0.3) is 0 Å². The number of carbonyl (C=O) groups is 1. The van der Waals surface area contributed by atoms with Crippen molar-refractivity contribution in [2.75, 3.05) is 0 Å². The number of rotatable bonds is 7. The van der Waals surface area contributed by atoms with Crippen molar-refractivity contribution in [3.05, 3.63) is 95.1 Å². The summed E-state index contributed by atoms with van der Waals surface area (Å²) in [6, 6.07) is 10.7. The van der Waals surface area contributed by atoms with E-state index in [-0.39, 0.29) is 41.6 Å². The molecule has 2 heterocycles. The molecular formula is C26H27F2N3O3S. The van der Waals surface area contributed by atoms with E-state index in [1.807, 2.05) is 6.07 Å². The van der Waals surface area contributed by atoms with Crippen LogP contribution < -0.4 is 0 Å². The van der Waals surface area contributed by atoms with Crippen LogP contribution in [0.1, 0.15) is 71.5 Å². The van der Waals surface area contributed by atoms with Crippen LogP contribution in [0.5, 0.6) is 0 Å². The molecule has 0 spiro atoms. The second kappa shape index (κ2) is 10.3. The second-order valence-corrected chi connectivity index (χ2v) is 11.1. The molecule has 1 fully saturated rings. The summed E-state index contributed by atoms with van der Waals surface area (Å²) < 4.78 is 58.3. The summed E-state index contributed by atoms with van der Waals surface area (Å²) >= 11 is 0. The lowest BCUT2D eigenvalue weighted by atomic mass is 9.93. The smallest absolute Gasteiger partial charge is 0.221 e. The van der Waals surface area contributed by atoms with Crippen LogP contribution in [0.4, 0.5) is 8.78 Å². The Kier molecular flexibility index (Phi) is 7.37. The highest BCUT2D eigenvalue weighted by Gasteiger charge is 2.40. The van der Waals surface area contributed by atoms with Gasteiger partial charge in [-0.15, -0.1) is 0 Å². The zero-order chi connectivity index (χ0) is 25.2. The van der Waals surface area contributed by atoms with E-state index in [9.17, 15) is 13.2 Å². The van der Waals surface area contributed by atoms with Gasteiger partial charge >= 0.3 is 0 Å². The predicted molar refractivity (Wildman–Crippen MR) is 128 cm³/mol. The predicted octanol–water partition coefficient (Wildman–Crippen LogP) is 5.19.